The summed E-state index contributed by atoms with van der Waals surface area (Å²) in [4.78, 5) is 5.28. The minimum Gasteiger partial charge on any atom is -0.493 e. The third-order valence-corrected chi connectivity index (χ3v) is 4.15. The Hall–Kier alpha value is -2.08. The molecule has 1 aromatic heterocycles. The molecule has 0 atom stereocenters. The quantitative estimate of drug-likeness (QED) is 0.608. The predicted molar refractivity (Wildman–Crippen MR) is 84.7 cm³/mol. The molecule has 0 saturated heterocycles. The second-order valence-electron chi connectivity index (χ2n) is 4.40. The van der Waals surface area contributed by atoms with Gasteiger partial charge in [-0.1, -0.05) is 19.1 Å². The van der Waals surface area contributed by atoms with Crippen molar-refractivity contribution in [3.05, 3.63) is 39.8 Å². The molecule has 1 aromatic carbocycles. The van der Waals surface area contributed by atoms with Gasteiger partial charge in [0.25, 0.3) is 0 Å². The van der Waals surface area contributed by atoms with E-state index in [0.29, 0.717) is 13.0 Å². The maximum Gasteiger partial charge on any atom is 0.161 e. The topological polar surface area (TPSA) is 81.2 Å². The highest BCUT2D eigenvalue weighted by molar-refractivity contribution is 7.13. The fourth-order valence-electron chi connectivity index (χ4n) is 1.94. The first-order chi connectivity index (χ1) is 10.2. The number of para-hydroxylation sites is 2. The number of rotatable bonds is 7. The van der Waals surface area contributed by atoms with Gasteiger partial charge in [-0.2, -0.15) is 0 Å². The maximum absolute atomic E-state index is 7.56. The number of ether oxygens (including phenoxy) is 2. The summed E-state index contributed by atoms with van der Waals surface area (Å²) in [5.41, 5.74) is 6.46. The number of amidine groups is 1. The molecule has 0 unspecified atom stereocenters. The van der Waals surface area contributed by atoms with Crippen molar-refractivity contribution in [1.82, 2.24) is 4.98 Å². The highest BCUT2D eigenvalue weighted by atomic mass is 32.1. The summed E-state index contributed by atoms with van der Waals surface area (Å²) in [6, 6.07) is 7.55. The average Bonchev–Trinajstić information content (AvgIpc) is 2.91. The molecule has 0 fully saturated rings. The molecule has 3 N–H and O–H groups in total. The van der Waals surface area contributed by atoms with Crippen LogP contribution in [-0.4, -0.2) is 24.5 Å². The van der Waals surface area contributed by atoms with E-state index in [2.05, 4.69) is 4.98 Å². The normalized spacial score (nSPS) is 10.4. The third kappa shape index (κ3) is 3.72. The number of hydrogen-bond donors (Lipinski definition) is 2. The van der Waals surface area contributed by atoms with Crippen molar-refractivity contribution in [1.29, 1.82) is 5.41 Å². The van der Waals surface area contributed by atoms with Crippen molar-refractivity contribution >= 4 is 17.2 Å². The number of thiazole rings is 1. The molecular formula is C15H19N3O2S. The number of aryl methyl sites for hydroxylation is 1. The fraction of sp³-hybridized carbons (Fsp3) is 0.333. The molecule has 112 valence electrons. The lowest BCUT2D eigenvalue weighted by Crippen LogP contribution is -2.11. The second kappa shape index (κ2) is 7.08. The number of methoxy groups -OCH3 is 1. The molecule has 2 rings (SSSR count). The van der Waals surface area contributed by atoms with E-state index >= 15 is 0 Å². The lowest BCUT2D eigenvalue weighted by Gasteiger charge is -2.09. The van der Waals surface area contributed by atoms with Crippen molar-refractivity contribution in [2.75, 3.05) is 13.7 Å². The monoisotopic (exact) mass is 305 g/mol. The second-order valence-corrected chi connectivity index (χ2v) is 5.48. The third-order valence-electron chi connectivity index (χ3n) is 2.96. The zero-order chi connectivity index (χ0) is 15.2. The first-order valence-electron chi connectivity index (χ1n) is 6.74. The molecule has 6 heteroatoms. The number of nitrogens with zero attached hydrogens (tertiary/aromatic N) is 1. The molecule has 0 spiro atoms. The summed E-state index contributed by atoms with van der Waals surface area (Å²) >= 11 is 1.47. The molecule has 0 aliphatic carbocycles. The van der Waals surface area contributed by atoms with Gasteiger partial charge in [-0.3, -0.25) is 5.41 Å². The van der Waals surface area contributed by atoms with E-state index in [1.807, 2.05) is 31.2 Å². The van der Waals surface area contributed by atoms with Gasteiger partial charge in [-0.25, -0.2) is 4.98 Å². The van der Waals surface area contributed by atoms with Crippen LogP contribution < -0.4 is 15.2 Å². The zero-order valence-electron chi connectivity index (χ0n) is 12.2. The molecule has 1 heterocycles. The standard InChI is InChI=1S/C15H19N3O2S/c1-3-10-14(15(16)17)21-13(18-10)8-9-20-12-7-5-4-6-11(12)19-2/h4-7H,3,8-9H2,1-2H3,(H3,16,17). The van der Waals surface area contributed by atoms with Gasteiger partial charge in [0.1, 0.15) is 5.84 Å². The van der Waals surface area contributed by atoms with E-state index in [4.69, 9.17) is 20.6 Å². The molecule has 0 amide bonds. The Balaban J connectivity index is 1.99. The van der Waals surface area contributed by atoms with Crippen molar-refractivity contribution in [2.45, 2.75) is 19.8 Å². The number of nitrogens with two attached hydrogens (primary N) is 1. The van der Waals surface area contributed by atoms with E-state index in [1.165, 1.54) is 11.3 Å². The van der Waals surface area contributed by atoms with Crippen LogP contribution in [0.1, 0.15) is 22.5 Å². The summed E-state index contributed by atoms with van der Waals surface area (Å²) in [6.45, 7) is 2.52. The molecule has 5 nitrogen and oxygen atoms in total. The van der Waals surface area contributed by atoms with Crippen LogP contribution in [0.4, 0.5) is 0 Å². The van der Waals surface area contributed by atoms with Crippen molar-refractivity contribution < 1.29 is 9.47 Å². The van der Waals surface area contributed by atoms with E-state index in [0.717, 1.165) is 33.5 Å². The van der Waals surface area contributed by atoms with Crippen LogP contribution in [0.2, 0.25) is 0 Å². The van der Waals surface area contributed by atoms with Gasteiger partial charge < -0.3 is 15.2 Å². The number of aromatic nitrogens is 1. The van der Waals surface area contributed by atoms with Gasteiger partial charge in [0.05, 0.1) is 29.3 Å². The van der Waals surface area contributed by atoms with Crippen LogP contribution in [-0.2, 0) is 12.8 Å². The lowest BCUT2D eigenvalue weighted by molar-refractivity contribution is 0.297. The number of nitrogen functional groups attached to an aromatic ring is 1. The molecule has 0 bridgehead atoms. The summed E-state index contributed by atoms with van der Waals surface area (Å²) < 4.78 is 11.0. The summed E-state index contributed by atoms with van der Waals surface area (Å²) in [7, 11) is 1.62. The average molecular weight is 305 g/mol. The van der Waals surface area contributed by atoms with E-state index in [1.54, 1.807) is 7.11 Å². The Morgan fingerprint density at radius 1 is 1.33 bits per heavy atom. The Morgan fingerprint density at radius 2 is 2.05 bits per heavy atom. The van der Waals surface area contributed by atoms with Crippen molar-refractivity contribution in [2.24, 2.45) is 5.73 Å². The highest BCUT2D eigenvalue weighted by Gasteiger charge is 2.12. The van der Waals surface area contributed by atoms with Gasteiger partial charge in [0.15, 0.2) is 11.5 Å². The largest absolute Gasteiger partial charge is 0.493 e. The van der Waals surface area contributed by atoms with E-state index in [-0.39, 0.29) is 5.84 Å². The number of hydrogen-bond acceptors (Lipinski definition) is 5. The van der Waals surface area contributed by atoms with Gasteiger partial charge >= 0.3 is 0 Å². The Bertz CT molecular complexity index is 625. The summed E-state index contributed by atoms with van der Waals surface area (Å²) in [5, 5.41) is 8.49. The van der Waals surface area contributed by atoms with E-state index in [9.17, 15) is 0 Å². The Labute approximate surface area is 128 Å². The van der Waals surface area contributed by atoms with Gasteiger partial charge in [-0.15, -0.1) is 11.3 Å². The summed E-state index contributed by atoms with van der Waals surface area (Å²) in [6.07, 6.45) is 1.46. The number of benzene rings is 1. The first-order valence-corrected chi connectivity index (χ1v) is 7.56. The first kappa shape index (κ1) is 15.3. The van der Waals surface area contributed by atoms with Crippen LogP contribution in [0, 0.1) is 5.41 Å². The highest BCUT2D eigenvalue weighted by Crippen LogP contribution is 2.26. The van der Waals surface area contributed by atoms with Gasteiger partial charge in [0, 0.05) is 6.42 Å². The molecule has 21 heavy (non-hydrogen) atoms. The molecule has 0 radical (unpaired) electrons. The predicted octanol–water partition coefficient (Wildman–Crippen LogP) is 2.62. The van der Waals surface area contributed by atoms with Crippen molar-refractivity contribution in [3.63, 3.8) is 0 Å². The fourth-order valence-corrected chi connectivity index (χ4v) is 2.94. The van der Waals surface area contributed by atoms with Crippen LogP contribution >= 0.6 is 11.3 Å². The van der Waals surface area contributed by atoms with Gasteiger partial charge in [-0.05, 0) is 18.6 Å². The van der Waals surface area contributed by atoms with Crippen LogP contribution in [0.15, 0.2) is 24.3 Å². The van der Waals surface area contributed by atoms with Crippen LogP contribution in [0.3, 0.4) is 0 Å². The molecule has 2 aromatic rings. The summed E-state index contributed by atoms with van der Waals surface area (Å²) in [5.74, 6) is 1.52. The molecule has 0 saturated carbocycles. The maximum atomic E-state index is 7.56. The van der Waals surface area contributed by atoms with Crippen LogP contribution in [0.5, 0.6) is 11.5 Å². The Kier molecular flexibility index (Phi) is 5.16. The molecular weight excluding hydrogens is 286 g/mol. The van der Waals surface area contributed by atoms with E-state index < -0.39 is 0 Å². The van der Waals surface area contributed by atoms with Crippen molar-refractivity contribution in [3.8, 4) is 11.5 Å². The smallest absolute Gasteiger partial charge is 0.161 e. The minimum atomic E-state index is 0.0845. The Morgan fingerprint density at radius 3 is 2.62 bits per heavy atom. The van der Waals surface area contributed by atoms with Gasteiger partial charge in [0.2, 0.25) is 0 Å². The molecule has 0 aliphatic rings. The zero-order valence-corrected chi connectivity index (χ0v) is 13.0. The SMILES string of the molecule is CCc1nc(CCOc2ccccc2OC)sc1C(=N)N. The number of nitrogens with one attached hydrogen (secondary N) is 1. The minimum absolute atomic E-state index is 0.0845. The lowest BCUT2D eigenvalue weighted by atomic mass is 10.3. The molecule has 0 aliphatic heterocycles. The van der Waals surface area contributed by atoms with Crippen LogP contribution in [0.25, 0.3) is 0 Å².